The molecule has 0 saturated carbocycles. The molecule has 0 bridgehead atoms. The first kappa shape index (κ1) is 12.4. The molecule has 3 nitrogen and oxygen atoms in total. The fraction of sp³-hybridized carbons (Fsp3) is 0.286. The number of halogens is 5. The van der Waals surface area contributed by atoms with Gasteiger partial charge in [-0.05, 0) is 0 Å². The van der Waals surface area contributed by atoms with Crippen LogP contribution < -0.4 is 10.5 Å². The largest absolute Gasteiger partial charge is 0.573 e. The molecule has 0 aliphatic carbocycles. The van der Waals surface area contributed by atoms with E-state index in [0.717, 1.165) is 6.20 Å². The minimum absolute atomic E-state index is 0.0444. The van der Waals surface area contributed by atoms with Gasteiger partial charge in [0.2, 0.25) is 0 Å². The van der Waals surface area contributed by atoms with Crippen LogP contribution >= 0.6 is 23.2 Å². The standard InChI is InChI=1S/C7H5Cl2F3N2O/c8-5-3(1-13)6(9)14-2-4(5)15-7(10,11)12/h2H,1,13H2. The SMILES string of the molecule is NCc1c(Cl)ncc(OC(F)(F)F)c1Cl. The van der Waals surface area contributed by atoms with Gasteiger partial charge >= 0.3 is 6.36 Å². The van der Waals surface area contributed by atoms with Crippen molar-refractivity contribution in [1.29, 1.82) is 0 Å². The highest BCUT2D eigenvalue weighted by molar-refractivity contribution is 6.36. The number of aromatic nitrogens is 1. The van der Waals surface area contributed by atoms with E-state index in [9.17, 15) is 13.2 Å². The summed E-state index contributed by atoms with van der Waals surface area (Å²) in [4.78, 5) is 3.47. The second kappa shape index (κ2) is 4.42. The first-order chi connectivity index (χ1) is 6.85. The first-order valence-corrected chi connectivity index (χ1v) is 4.39. The molecule has 1 aromatic rings. The molecule has 2 N–H and O–H groups in total. The lowest BCUT2D eigenvalue weighted by atomic mass is 10.3. The van der Waals surface area contributed by atoms with E-state index in [1.165, 1.54) is 0 Å². The predicted molar refractivity (Wildman–Crippen MR) is 48.8 cm³/mol. The molecule has 1 heterocycles. The van der Waals surface area contributed by atoms with Crippen molar-refractivity contribution in [2.45, 2.75) is 12.9 Å². The smallest absolute Gasteiger partial charge is 0.403 e. The number of hydrogen-bond acceptors (Lipinski definition) is 3. The number of nitrogens with zero attached hydrogens (tertiary/aromatic N) is 1. The summed E-state index contributed by atoms with van der Waals surface area (Å²) in [5.74, 6) is -0.617. The summed E-state index contributed by atoms with van der Waals surface area (Å²) >= 11 is 11.2. The van der Waals surface area contributed by atoms with Gasteiger partial charge in [-0.15, -0.1) is 13.2 Å². The Labute approximate surface area is 92.9 Å². The zero-order chi connectivity index (χ0) is 11.6. The highest BCUT2D eigenvalue weighted by atomic mass is 35.5. The van der Waals surface area contributed by atoms with E-state index in [4.69, 9.17) is 28.9 Å². The highest BCUT2D eigenvalue weighted by Gasteiger charge is 2.32. The monoisotopic (exact) mass is 260 g/mol. The Morgan fingerprint density at radius 1 is 1.40 bits per heavy atom. The number of ether oxygens (including phenoxy) is 1. The van der Waals surface area contributed by atoms with Crippen LogP contribution in [0.15, 0.2) is 6.20 Å². The van der Waals surface area contributed by atoms with Gasteiger partial charge in [0.25, 0.3) is 0 Å². The molecule has 0 unspecified atom stereocenters. The Hall–Kier alpha value is -0.720. The fourth-order valence-electron chi connectivity index (χ4n) is 0.859. The molecule has 1 rings (SSSR count). The molecule has 0 saturated heterocycles. The molecule has 15 heavy (non-hydrogen) atoms. The van der Waals surface area contributed by atoms with E-state index in [1.807, 2.05) is 0 Å². The zero-order valence-electron chi connectivity index (χ0n) is 7.11. The number of hydrogen-bond donors (Lipinski definition) is 1. The van der Waals surface area contributed by atoms with Gasteiger partial charge in [-0.3, -0.25) is 0 Å². The third-order valence-electron chi connectivity index (χ3n) is 1.46. The second-order valence-electron chi connectivity index (χ2n) is 2.46. The maximum Gasteiger partial charge on any atom is 0.573 e. The lowest BCUT2D eigenvalue weighted by molar-refractivity contribution is -0.274. The Morgan fingerprint density at radius 2 is 2.00 bits per heavy atom. The summed E-state index contributed by atoms with van der Waals surface area (Å²) in [6, 6.07) is 0. The Balaban J connectivity index is 3.11. The van der Waals surface area contributed by atoms with E-state index in [1.54, 1.807) is 0 Å². The minimum atomic E-state index is -4.83. The van der Waals surface area contributed by atoms with Gasteiger partial charge < -0.3 is 10.5 Å². The molecule has 0 aromatic carbocycles. The van der Waals surface area contributed by atoms with E-state index < -0.39 is 12.1 Å². The van der Waals surface area contributed by atoms with Gasteiger partial charge in [-0.2, -0.15) is 0 Å². The molecule has 0 amide bonds. The lowest BCUT2D eigenvalue weighted by Gasteiger charge is -2.12. The molecule has 8 heteroatoms. The van der Waals surface area contributed by atoms with Gasteiger partial charge in [-0.1, -0.05) is 23.2 Å². The minimum Gasteiger partial charge on any atom is -0.403 e. The summed E-state index contributed by atoms with van der Waals surface area (Å²) in [7, 11) is 0. The van der Waals surface area contributed by atoms with E-state index >= 15 is 0 Å². The normalized spacial score (nSPS) is 11.6. The maximum absolute atomic E-state index is 11.9. The third kappa shape index (κ3) is 3.12. The molecule has 0 atom stereocenters. The number of rotatable bonds is 2. The summed E-state index contributed by atoms with van der Waals surface area (Å²) in [5, 5.41) is -0.327. The van der Waals surface area contributed by atoms with Crippen LogP contribution in [0.4, 0.5) is 13.2 Å². The number of pyridine rings is 1. The molecule has 84 valence electrons. The van der Waals surface area contributed by atoms with Crippen molar-refractivity contribution in [3.8, 4) is 5.75 Å². The molecular formula is C7H5Cl2F3N2O. The van der Waals surface area contributed by atoms with Gasteiger partial charge in [0.1, 0.15) is 5.15 Å². The Kier molecular flexibility index (Phi) is 3.64. The first-order valence-electron chi connectivity index (χ1n) is 3.64. The predicted octanol–water partition coefficient (Wildman–Crippen LogP) is 2.75. The molecule has 0 fully saturated rings. The van der Waals surface area contributed by atoms with Crippen molar-refractivity contribution in [3.63, 3.8) is 0 Å². The molecule has 0 spiro atoms. The third-order valence-corrected chi connectivity index (χ3v) is 2.20. The van der Waals surface area contributed by atoms with Gasteiger partial charge in [-0.25, -0.2) is 4.98 Å². The van der Waals surface area contributed by atoms with Gasteiger partial charge in [0.05, 0.1) is 11.2 Å². The Morgan fingerprint density at radius 3 is 2.47 bits per heavy atom. The number of alkyl halides is 3. The van der Waals surface area contributed by atoms with Crippen molar-refractivity contribution >= 4 is 23.2 Å². The van der Waals surface area contributed by atoms with Crippen molar-refractivity contribution in [1.82, 2.24) is 4.98 Å². The summed E-state index contributed by atoms with van der Waals surface area (Å²) in [6.45, 7) is -0.125. The number of nitrogens with two attached hydrogens (primary N) is 1. The van der Waals surface area contributed by atoms with Crippen LogP contribution in [0.2, 0.25) is 10.2 Å². The molecular weight excluding hydrogens is 256 g/mol. The van der Waals surface area contributed by atoms with Gasteiger partial charge in [0, 0.05) is 12.1 Å². The quantitative estimate of drug-likeness (QED) is 0.832. The van der Waals surface area contributed by atoms with Crippen LogP contribution in [0.25, 0.3) is 0 Å². The van der Waals surface area contributed by atoms with Crippen molar-refractivity contribution in [2.24, 2.45) is 5.73 Å². The molecule has 0 aliphatic rings. The van der Waals surface area contributed by atoms with Crippen LogP contribution in [-0.2, 0) is 6.54 Å². The van der Waals surface area contributed by atoms with Crippen LogP contribution in [0.3, 0.4) is 0 Å². The van der Waals surface area contributed by atoms with Crippen molar-refractivity contribution < 1.29 is 17.9 Å². The van der Waals surface area contributed by atoms with E-state index in [2.05, 4.69) is 9.72 Å². The molecule has 1 aromatic heterocycles. The van der Waals surface area contributed by atoms with Crippen molar-refractivity contribution in [3.05, 3.63) is 21.9 Å². The average Bonchev–Trinajstić information content (AvgIpc) is 2.09. The van der Waals surface area contributed by atoms with Crippen LogP contribution in [0.1, 0.15) is 5.56 Å². The lowest BCUT2D eigenvalue weighted by Crippen LogP contribution is -2.18. The topological polar surface area (TPSA) is 48.1 Å². The van der Waals surface area contributed by atoms with Crippen molar-refractivity contribution in [2.75, 3.05) is 0 Å². The highest BCUT2D eigenvalue weighted by Crippen LogP contribution is 2.34. The molecule has 0 aliphatic heterocycles. The van der Waals surface area contributed by atoms with E-state index in [-0.39, 0.29) is 22.3 Å². The fourth-order valence-corrected chi connectivity index (χ4v) is 1.38. The average molecular weight is 261 g/mol. The maximum atomic E-state index is 11.9. The van der Waals surface area contributed by atoms with Gasteiger partial charge in [0.15, 0.2) is 5.75 Å². The Bertz CT molecular complexity index is 370. The summed E-state index contributed by atoms with van der Waals surface area (Å²) in [5.41, 5.74) is 5.35. The van der Waals surface area contributed by atoms with Crippen LogP contribution in [-0.4, -0.2) is 11.3 Å². The van der Waals surface area contributed by atoms with Crippen LogP contribution in [0, 0.1) is 0 Å². The second-order valence-corrected chi connectivity index (χ2v) is 3.19. The van der Waals surface area contributed by atoms with E-state index in [0.29, 0.717) is 0 Å². The molecule has 0 radical (unpaired) electrons. The van der Waals surface area contributed by atoms with Crippen LogP contribution in [0.5, 0.6) is 5.75 Å². The summed E-state index contributed by atoms with van der Waals surface area (Å²) in [6.07, 6.45) is -4.04. The summed E-state index contributed by atoms with van der Waals surface area (Å²) < 4.78 is 39.3. The zero-order valence-corrected chi connectivity index (χ0v) is 8.62.